The van der Waals surface area contributed by atoms with Crippen LogP contribution in [-0.4, -0.2) is 382 Å². The Morgan fingerprint density at radius 3 is 1.01 bits per heavy atom. The van der Waals surface area contributed by atoms with E-state index in [1.807, 2.05) is 0 Å². The minimum Gasteiger partial charge on any atom is -0.394 e. The molecule has 7 rings (SSSR count). The fraction of sp³-hybridized carbons (Fsp3) is 0.920. The van der Waals surface area contributed by atoms with Crippen LogP contribution in [0.1, 0.15) is 27.7 Å². The van der Waals surface area contributed by atoms with E-state index < -0.39 is 285 Å². The zero-order valence-corrected chi connectivity index (χ0v) is 48.6. The van der Waals surface area contributed by atoms with E-state index in [2.05, 4.69) is 21.3 Å². The minimum absolute atomic E-state index is 0.751. The van der Waals surface area contributed by atoms with E-state index in [0.717, 1.165) is 27.7 Å². The summed E-state index contributed by atoms with van der Waals surface area (Å²) in [6.07, 6.45) is -61.9. The lowest BCUT2D eigenvalue weighted by molar-refractivity contribution is -0.396. The van der Waals surface area contributed by atoms with Crippen molar-refractivity contribution in [3.05, 3.63) is 0 Å². The molecule has 4 amide bonds. The zero-order chi connectivity index (χ0) is 66.5. The monoisotopic (exact) mass is 1320 g/mol. The molecule has 0 aliphatic carbocycles. The van der Waals surface area contributed by atoms with Crippen LogP contribution >= 0.6 is 0 Å². The Morgan fingerprint density at radius 2 is 0.589 bits per heavy atom. The Kier molecular flexibility index (Phi) is 26.6. The molecule has 7 aliphatic heterocycles. The number of nitrogens with one attached hydrogen (secondary N) is 4. The Morgan fingerprint density at radius 1 is 0.289 bits per heavy atom. The molecule has 520 valence electrons. The maximum absolute atomic E-state index is 12.8. The molecule has 40 heteroatoms. The first kappa shape index (κ1) is 74.0. The van der Waals surface area contributed by atoms with Gasteiger partial charge in [0.2, 0.25) is 23.6 Å². The van der Waals surface area contributed by atoms with Gasteiger partial charge in [0.1, 0.15) is 171 Å². The van der Waals surface area contributed by atoms with Crippen molar-refractivity contribution in [1.29, 1.82) is 0 Å². The van der Waals surface area contributed by atoms with Gasteiger partial charge in [-0.15, -0.1) is 0 Å². The molecule has 0 aromatic carbocycles. The van der Waals surface area contributed by atoms with Crippen molar-refractivity contribution in [2.45, 2.75) is 242 Å². The molecule has 90 heavy (non-hydrogen) atoms. The maximum atomic E-state index is 12.8. The summed E-state index contributed by atoms with van der Waals surface area (Å²) in [5.74, 6) is -3.28. The highest BCUT2D eigenvalue weighted by Gasteiger charge is 2.59. The number of carbonyl (C=O) groups excluding carboxylic acids is 4. The van der Waals surface area contributed by atoms with Crippen LogP contribution in [0.2, 0.25) is 0 Å². The molecule has 0 saturated carbocycles. The molecule has 0 aromatic rings. The number of carbonyl (C=O) groups is 4. The van der Waals surface area contributed by atoms with E-state index in [4.69, 9.17) is 61.6 Å². The van der Waals surface area contributed by atoms with Gasteiger partial charge in [-0.25, -0.2) is 0 Å². The average molecular weight is 1320 g/mol. The molecule has 3 unspecified atom stereocenters. The molecular formula is C50H84N4O36. The van der Waals surface area contributed by atoms with Crippen LogP contribution < -0.4 is 21.3 Å². The smallest absolute Gasteiger partial charge is 0.217 e. The van der Waals surface area contributed by atoms with E-state index in [0.29, 0.717) is 0 Å². The van der Waals surface area contributed by atoms with Crippen LogP contribution in [0.5, 0.6) is 0 Å². The normalized spacial score (nSPS) is 47.6. The number of hydrogen-bond donors (Lipinski definition) is 23. The lowest BCUT2D eigenvalue weighted by Gasteiger charge is -2.51. The second-order valence-corrected chi connectivity index (χ2v) is 22.5. The molecule has 23 N–H and O–H groups in total. The molecule has 0 bridgehead atoms. The molecule has 0 radical (unpaired) electrons. The highest BCUT2D eigenvalue weighted by atomic mass is 16.8. The molecule has 35 atom stereocenters. The van der Waals surface area contributed by atoms with Gasteiger partial charge in [0.15, 0.2) is 44.0 Å². The molecule has 0 spiro atoms. The summed E-state index contributed by atoms with van der Waals surface area (Å²) in [4.78, 5) is 49.5. The molecule has 7 saturated heterocycles. The van der Waals surface area contributed by atoms with Gasteiger partial charge >= 0.3 is 0 Å². The predicted molar refractivity (Wildman–Crippen MR) is 278 cm³/mol. The number of aliphatic hydroxyl groups is 19. The highest BCUT2D eigenvalue weighted by Crippen LogP contribution is 2.38. The summed E-state index contributed by atoms with van der Waals surface area (Å²) in [6, 6.07) is -6.84. The summed E-state index contributed by atoms with van der Waals surface area (Å²) in [7, 11) is 0. The lowest BCUT2D eigenvalue weighted by atomic mass is 9.93. The first-order valence-electron chi connectivity index (χ1n) is 28.6. The third-order valence-electron chi connectivity index (χ3n) is 16.1. The van der Waals surface area contributed by atoms with Crippen molar-refractivity contribution in [3.8, 4) is 0 Å². The second kappa shape index (κ2) is 32.4. The van der Waals surface area contributed by atoms with Gasteiger partial charge < -0.3 is 180 Å². The van der Waals surface area contributed by atoms with Crippen LogP contribution in [0.3, 0.4) is 0 Å². The van der Waals surface area contributed by atoms with Gasteiger partial charge in [0, 0.05) is 27.7 Å². The molecule has 40 nitrogen and oxygen atoms in total. The van der Waals surface area contributed by atoms with E-state index in [1.54, 1.807) is 0 Å². The molecule has 7 fully saturated rings. The van der Waals surface area contributed by atoms with Crippen molar-refractivity contribution in [1.82, 2.24) is 21.3 Å². The standard InChI is InChI=1S/C50H84N4O36/c1-12(61)51-23-34(72)39(20(9-59)79-44(23)77)86-47-26(54-15(4)64)35(73)40(21(10-60)84-47)87-48-38(76)41(88-50-43(37(75)30(68)19(8-58)83-50)90-46-25(53-14(3)63)33(71)28(66)17(6-56)81-46)31(69)22(85-48)11-78-49-42(36(74)29(67)18(7-57)82-49)89-45-24(52-13(2)62)32(70)27(65)16(5-55)80-45/h16-50,55-60,65-77H,5-11H2,1-4H3,(H,51,61)(H,52,62)(H,53,63)(H,54,64)/t16-,17-,18-,19-,20-,21-,22-,23-,24-,25-,26-,27-,28-,29-,30-,31-,32-,33-,34-,35-,36+,37+,38+,39-,40-,41+,42+,43+,44?,45?,46?,47+,48+,49+,50-/m1/s1. The van der Waals surface area contributed by atoms with Gasteiger partial charge in [-0.3, -0.25) is 19.2 Å². The van der Waals surface area contributed by atoms with E-state index in [9.17, 15) is 116 Å². The Labute approximate surface area is 510 Å². The van der Waals surface area contributed by atoms with Crippen molar-refractivity contribution >= 4 is 23.6 Å². The van der Waals surface area contributed by atoms with Crippen molar-refractivity contribution in [2.75, 3.05) is 46.2 Å². The van der Waals surface area contributed by atoms with Crippen molar-refractivity contribution in [3.63, 3.8) is 0 Å². The van der Waals surface area contributed by atoms with E-state index in [1.165, 1.54) is 0 Å². The Bertz CT molecular complexity index is 2310. The fourth-order valence-corrected chi connectivity index (χ4v) is 11.5. The highest BCUT2D eigenvalue weighted by molar-refractivity contribution is 5.74. The van der Waals surface area contributed by atoms with Crippen molar-refractivity contribution < 1.29 is 178 Å². The third kappa shape index (κ3) is 16.4. The van der Waals surface area contributed by atoms with Crippen LogP contribution in [0.4, 0.5) is 0 Å². The zero-order valence-electron chi connectivity index (χ0n) is 48.6. The largest absolute Gasteiger partial charge is 0.394 e. The summed E-state index contributed by atoms with van der Waals surface area (Å²) in [5, 5.41) is 218. The number of amides is 4. The molecule has 0 aromatic heterocycles. The Hall–Kier alpha value is -3.40. The summed E-state index contributed by atoms with van der Waals surface area (Å²) >= 11 is 0. The van der Waals surface area contributed by atoms with Gasteiger partial charge in [-0.1, -0.05) is 0 Å². The minimum atomic E-state index is -2.45. The number of hydrogen-bond acceptors (Lipinski definition) is 36. The number of rotatable bonds is 23. The first-order valence-corrected chi connectivity index (χ1v) is 28.6. The molecule has 7 heterocycles. The van der Waals surface area contributed by atoms with Gasteiger partial charge in [0.25, 0.3) is 0 Å². The van der Waals surface area contributed by atoms with Gasteiger partial charge in [-0.2, -0.15) is 0 Å². The van der Waals surface area contributed by atoms with Crippen LogP contribution in [0, 0.1) is 0 Å². The van der Waals surface area contributed by atoms with E-state index >= 15 is 0 Å². The summed E-state index contributed by atoms with van der Waals surface area (Å²) < 4.78 is 76.6. The van der Waals surface area contributed by atoms with Crippen LogP contribution in [-0.2, 0) is 80.8 Å². The Balaban J connectivity index is 1.25. The van der Waals surface area contributed by atoms with Gasteiger partial charge in [-0.05, 0) is 0 Å². The quantitative estimate of drug-likeness (QED) is 0.0452. The molecule has 7 aliphatic rings. The SMILES string of the molecule is CC(=O)N[C@H]1[C@H](O[C@H]2[C@H](O)[C@@H](NC(C)=O)C(O)O[C@@H]2CO)O[C@H](CO)[C@@H](O[C@@H]2O[C@H](CO[C@H]3O[C@H](CO)[C@@H](O)[C@H](O)[C@@H]3OC3O[C@H](CO)[C@@H](O)[C@H](O)[C@H]3NC(C)=O)[C@@H](O)[C@H](O[C@H]3O[C@H](CO)[C@@H](O)[C@H](O)[C@@H]3OC3O[C@H](CO)[C@@H](O)[C@H](O)[C@H]3NC(C)=O)[C@@H]2O)[C@@H]1O. The topological polar surface area (TPSA) is 621 Å². The van der Waals surface area contributed by atoms with E-state index in [-0.39, 0.29) is 0 Å². The number of aliphatic hydroxyl groups excluding tert-OH is 19. The first-order chi connectivity index (χ1) is 42.5. The van der Waals surface area contributed by atoms with Crippen molar-refractivity contribution in [2.24, 2.45) is 0 Å². The van der Waals surface area contributed by atoms with Crippen LogP contribution in [0.25, 0.3) is 0 Å². The fourth-order valence-electron chi connectivity index (χ4n) is 11.5. The predicted octanol–water partition coefficient (Wildman–Crippen LogP) is -15.7. The summed E-state index contributed by atoms with van der Waals surface area (Å²) in [6.45, 7) is -3.14. The van der Waals surface area contributed by atoms with Gasteiger partial charge in [0.05, 0.1) is 46.2 Å². The summed E-state index contributed by atoms with van der Waals surface area (Å²) in [5.41, 5.74) is 0. The molecular weight excluding hydrogens is 1230 g/mol. The third-order valence-corrected chi connectivity index (χ3v) is 16.1. The number of ether oxygens (including phenoxy) is 13. The van der Waals surface area contributed by atoms with Crippen LogP contribution in [0.15, 0.2) is 0 Å². The average Bonchev–Trinajstić information content (AvgIpc) is 0.827. The lowest BCUT2D eigenvalue weighted by Crippen LogP contribution is -2.70. The second-order valence-electron chi connectivity index (χ2n) is 22.5. The maximum Gasteiger partial charge on any atom is 0.217 e.